The Balaban J connectivity index is 1.61. The molecule has 6 heteroatoms. The lowest BCUT2D eigenvalue weighted by Gasteiger charge is -2.46. The minimum Gasteiger partial charge on any atom is -0.335 e. The summed E-state index contributed by atoms with van der Waals surface area (Å²) in [5.41, 5.74) is 0.498. The van der Waals surface area contributed by atoms with E-state index < -0.39 is 0 Å². The highest BCUT2D eigenvalue weighted by Crippen LogP contribution is 2.28. The van der Waals surface area contributed by atoms with Gasteiger partial charge in [-0.25, -0.2) is 0 Å². The number of piperazine rings is 1. The fourth-order valence-electron chi connectivity index (χ4n) is 2.74. The maximum absolute atomic E-state index is 12.4. The fourth-order valence-corrected chi connectivity index (χ4v) is 3.12. The van der Waals surface area contributed by atoms with Crippen molar-refractivity contribution < 1.29 is 4.79 Å². The van der Waals surface area contributed by atoms with Gasteiger partial charge in [-0.05, 0) is 12.1 Å². The van der Waals surface area contributed by atoms with Crippen molar-refractivity contribution >= 4 is 29.1 Å². The third-order valence-electron chi connectivity index (χ3n) is 4.00. The smallest absolute Gasteiger partial charge is 0.255 e. The molecule has 0 radical (unpaired) electrons. The zero-order chi connectivity index (χ0) is 14.1. The molecule has 1 aromatic carbocycles. The van der Waals surface area contributed by atoms with Gasteiger partial charge in [-0.15, -0.1) is 0 Å². The quantitative estimate of drug-likeness (QED) is 0.903. The monoisotopic (exact) mass is 313 g/mol. The number of rotatable bonds is 2. The number of benzene rings is 1. The SMILES string of the molecule is O=C(c1cccc(Cl)c1Cl)N1CC(N2CCNCC2)C1. The molecule has 0 saturated carbocycles. The molecule has 20 heavy (non-hydrogen) atoms. The maximum Gasteiger partial charge on any atom is 0.255 e. The normalized spacial score (nSPS) is 20.8. The molecule has 2 fully saturated rings. The molecule has 1 amide bonds. The largest absolute Gasteiger partial charge is 0.335 e. The second-order valence-electron chi connectivity index (χ2n) is 5.25. The molecule has 0 aliphatic carbocycles. The van der Waals surface area contributed by atoms with Gasteiger partial charge in [0.05, 0.1) is 15.6 Å². The molecule has 2 saturated heterocycles. The zero-order valence-electron chi connectivity index (χ0n) is 11.1. The molecule has 3 rings (SSSR count). The van der Waals surface area contributed by atoms with E-state index in [2.05, 4.69) is 10.2 Å². The van der Waals surface area contributed by atoms with Gasteiger partial charge in [-0.3, -0.25) is 9.69 Å². The molecule has 0 aromatic heterocycles. The van der Waals surface area contributed by atoms with Crippen LogP contribution in [0.5, 0.6) is 0 Å². The van der Waals surface area contributed by atoms with Crippen LogP contribution in [0.3, 0.4) is 0 Å². The third-order valence-corrected chi connectivity index (χ3v) is 4.82. The summed E-state index contributed by atoms with van der Waals surface area (Å²) in [6.07, 6.45) is 0. The molecule has 0 bridgehead atoms. The van der Waals surface area contributed by atoms with Crippen LogP contribution in [0.15, 0.2) is 18.2 Å². The van der Waals surface area contributed by atoms with E-state index in [0.717, 1.165) is 39.3 Å². The molecule has 2 aliphatic rings. The summed E-state index contributed by atoms with van der Waals surface area (Å²) in [7, 11) is 0. The van der Waals surface area contributed by atoms with Gasteiger partial charge >= 0.3 is 0 Å². The van der Waals surface area contributed by atoms with Gasteiger partial charge in [0, 0.05) is 45.3 Å². The Morgan fingerprint density at radius 2 is 1.90 bits per heavy atom. The van der Waals surface area contributed by atoms with E-state index in [1.165, 1.54) is 0 Å². The Labute approximate surface area is 128 Å². The Morgan fingerprint density at radius 3 is 2.60 bits per heavy atom. The number of likely N-dealkylation sites (tertiary alicyclic amines) is 1. The number of nitrogens with one attached hydrogen (secondary N) is 1. The summed E-state index contributed by atoms with van der Waals surface area (Å²) >= 11 is 12.1. The molecule has 108 valence electrons. The van der Waals surface area contributed by atoms with Gasteiger partial charge in [0.25, 0.3) is 5.91 Å². The van der Waals surface area contributed by atoms with Gasteiger partial charge in [0.2, 0.25) is 0 Å². The average Bonchev–Trinajstić information content (AvgIpc) is 2.41. The van der Waals surface area contributed by atoms with Crippen LogP contribution in [0.1, 0.15) is 10.4 Å². The molecule has 4 nitrogen and oxygen atoms in total. The molecule has 1 N–H and O–H groups in total. The fraction of sp³-hybridized carbons (Fsp3) is 0.500. The second-order valence-corrected chi connectivity index (χ2v) is 6.04. The van der Waals surface area contributed by atoms with E-state index in [1.54, 1.807) is 18.2 Å². The van der Waals surface area contributed by atoms with Gasteiger partial charge in [0.15, 0.2) is 0 Å². The lowest BCUT2D eigenvalue weighted by atomic mass is 10.0. The second kappa shape index (κ2) is 5.90. The Bertz CT molecular complexity index is 511. The van der Waals surface area contributed by atoms with E-state index in [9.17, 15) is 4.79 Å². The summed E-state index contributed by atoms with van der Waals surface area (Å²) in [5, 5.41) is 4.12. The number of hydrogen-bond donors (Lipinski definition) is 1. The van der Waals surface area contributed by atoms with Crippen molar-refractivity contribution in [3.8, 4) is 0 Å². The first-order valence-electron chi connectivity index (χ1n) is 6.85. The average molecular weight is 314 g/mol. The highest BCUT2D eigenvalue weighted by atomic mass is 35.5. The maximum atomic E-state index is 12.4. The minimum atomic E-state index is -0.0242. The van der Waals surface area contributed by atoms with Crippen LogP contribution in [0.2, 0.25) is 10.0 Å². The number of carbonyl (C=O) groups is 1. The van der Waals surface area contributed by atoms with Crippen LogP contribution in [-0.2, 0) is 0 Å². The first-order chi connectivity index (χ1) is 9.66. The van der Waals surface area contributed by atoms with E-state index in [1.807, 2.05) is 4.90 Å². The Hall–Kier alpha value is -0.810. The van der Waals surface area contributed by atoms with E-state index in [0.29, 0.717) is 21.7 Å². The number of nitrogens with zero attached hydrogens (tertiary/aromatic N) is 2. The molecule has 2 aliphatic heterocycles. The minimum absolute atomic E-state index is 0.0242. The van der Waals surface area contributed by atoms with Gasteiger partial charge < -0.3 is 10.2 Å². The lowest BCUT2D eigenvalue weighted by Crippen LogP contribution is -2.63. The number of hydrogen-bond acceptors (Lipinski definition) is 3. The van der Waals surface area contributed by atoms with Crippen molar-refractivity contribution in [2.45, 2.75) is 6.04 Å². The number of carbonyl (C=O) groups excluding carboxylic acids is 1. The van der Waals surface area contributed by atoms with Gasteiger partial charge in [0.1, 0.15) is 0 Å². The highest BCUT2D eigenvalue weighted by Gasteiger charge is 2.36. The summed E-state index contributed by atoms with van der Waals surface area (Å²) in [6.45, 7) is 5.74. The van der Waals surface area contributed by atoms with Crippen molar-refractivity contribution in [1.82, 2.24) is 15.1 Å². The molecule has 0 atom stereocenters. The predicted molar refractivity (Wildman–Crippen MR) is 80.6 cm³/mol. The van der Waals surface area contributed by atoms with Crippen molar-refractivity contribution in [2.75, 3.05) is 39.3 Å². The molecular formula is C14H17Cl2N3O. The molecule has 0 unspecified atom stereocenters. The highest BCUT2D eigenvalue weighted by molar-refractivity contribution is 6.43. The van der Waals surface area contributed by atoms with Crippen molar-refractivity contribution in [3.63, 3.8) is 0 Å². The number of amides is 1. The van der Waals surface area contributed by atoms with Gasteiger partial charge in [-0.1, -0.05) is 29.3 Å². The van der Waals surface area contributed by atoms with E-state index >= 15 is 0 Å². The Morgan fingerprint density at radius 1 is 1.20 bits per heavy atom. The molecular weight excluding hydrogens is 297 g/mol. The first kappa shape index (κ1) is 14.1. The van der Waals surface area contributed by atoms with Crippen LogP contribution in [0.4, 0.5) is 0 Å². The number of halogens is 2. The van der Waals surface area contributed by atoms with E-state index in [4.69, 9.17) is 23.2 Å². The Kier molecular flexibility index (Phi) is 4.17. The van der Waals surface area contributed by atoms with Crippen molar-refractivity contribution in [2.24, 2.45) is 0 Å². The molecule has 0 spiro atoms. The van der Waals surface area contributed by atoms with Crippen molar-refractivity contribution in [1.29, 1.82) is 0 Å². The lowest BCUT2D eigenvalue weighted by molar-refractivity contribution is 0.0227. The van der Waals surface area contributed by atoms with Crippen LogP contribution in [0, 0.1) is 0 Å². The predicted octanol–water partition coefficient (Wildman–Crippen LogP) is 1.72. The van der Waals surface area contributed by atoms with Crippen LogP contribution >= 0.6 is 23.2 Å². The summed E-state index contributed by atoms with van der Waals surface area (Å²) in [6, 6.07) is 5.67. The topological polar surface area (TPSA) is 35.6 Å². The van der Waals surface area contributed by atoms with Gasteiger partial charge in [-0.2, -0.15) is 0 Å². The first-order valence-corrected chi connectivity index (χ1v) is 7.60. The van der Waals surface area contributed by atoms with Crippen LogP contribution < -0.4 is 5.32 Å². The van der Waals surface area contributed by atoms with E-state index in [-0.39, 0.29) is 5.91 Å². The summed E-state index contributed by atoms with van der Waals surface area (Å²) in [5.74, 6) is -0.0242. The zero-order valence-corrected chi connectivity index (χ0v) is 12.6. The van der Waals surface area contributed by atoms with Crippen LogP contribution in [-0.4, -0.2) is 61.0 Å². The summed E-state index contributed by atoms with van der Waals surface area (Å²) < 4.78 is 0. The standard InChI is InChI=1S/C14H17Cl2N3O/c15-12-3-1-2-11(13(12)16)14(20)19-8-10(9-19)18-6-4-17-5-7-18/h1-3,10,17H,4-9H2. The summed E-state index contributed by atoms with van der Waals surface area (Å²) in [4.78, 5) is 16.7. The molecule has 1 aromatic rings. The third kappa shape index (κ3) is 2.66. The molecule has 2 heterocycles. The van der Waals surface area contributed by atoms with Crippen LogP contribution in [0.25, 0.3) is 0 Å². The van der Waals surface area contributed by atoms with Crippen molar-refractivity contribution in [3.05, 3.63) is 33.8 Å².